The summed E-state index contributed by atoms with van der Waals surface area (Å²) in [7, 11) is 0. The molecule has 1 aromatic rings. The van der Waals surface area contributed by atoms with E-state index < -0.39 is 33.7 Å². The number of rotatable bonds is 6. The van der Waals surface area contributed by atoms with Gasteiger partial charge in [-0.25, -0.2) is 13.6 Å². The molecule has 1 heterocycles. The third-order valence-electron chi connectivity index (χ3n) is 3.40. The first-order valence-electron chi connectivity index (χ1n) is 7.00. The molecule has 126 valence electrons. The summed E-state index contributed by atoms with van der Waals surface area (Å²) in [6.45, 7) is 1.54. The normalized spacial score (nSPS) is 14.6. The van der Waals surface area contributed by atoms with Crippen LogP contribution in [0.4, 0.5) is 29.3 Å². The zero-order valence-corrected chi connectivity index (χ0v) is 12.1. The van der Waals surface area contributed by atoms with Gasteiger partial charge in [0.1, 0.15) is 0 Å². The molecule has 0 bridgehead atoms. The van der Waals surface area contributed by atoms with E-state index in [0.717, 1.165) is 6.42 Å². The van der Waals surface area contributed by atoms with E-state index in [1.165, 1.54) is 0 Å². The fraction of sp³-hybridized carbons (Fsp3) is 0.462. The number of hydrogen-bond acceptors (Lipinski definition) is 4. The molecule has 1 fully saturated rings. The van der Waals surface area contributed by atoms with Crippen molar-refractivity contribution in [3.63, 3.8) is 0 Å². The molecule has 0 saturated carbocycles. The summed E-state index contributed by atoms with van der Waals surface area (Å²) in [5.41, 5.74) is -1.96. The van der Waals surface area contributed by atoms with E-state index in [9.17, 15) is 28.1 Å². The molecule has 0 unspecified atom stereocenters. The fourth-order valence-electron chi connectivity index (χ4n) is 2.30. The van der Waals surface area contributed by atoms with Crippen molar-refractivity contribution in [2.45, 2.75) is 12.8 Å². The van der Waals surface area contributed by atoms with Crippen LogP contribution < -0.4 is 10.6 Å². The summed E-state index contributed by atoms with van der Waals surface area (Å²) >= 11 is 0. The lowest BCUT2D eigenvalue weighted by Crippen LogP contribution is -2.46. The topological polar surface area (TPSA) is 87.5 Å². The van der Waals surface area contributed by atoms with E-state index in [-0.39, 0.29) is 18.6 Å². The van der Waals surface area contributed by atoms with Gasteiger partial charge < -0.3 is 15.5 Å². The van der Waals surface area contributed by atoms with Gasteiger partial charge in [-0.2, -0.15) is 4.39 Å². The van der Waals surface area contributed by atoms with Gasteiger partial charge in [-0.15, -0.1) is 0 Å². The number of nitrogens with one attached hydrogen (secondary N) is 2. The van der Waals surface area contributed by atoms with E-state index in [2.05, 4.69) is 10.6 Å². The van der Waals surface area contributed by atoms with Crippen molar-refractivity contribution in [2.75, 3.05) is 31.5 Å². The average Bonchev–Trinajstić information content (AvgIpc) is 2.49. The van der Waals surface area contributed by atoms with Gasteiger partial charge in [0.2, 0.25) is 5.82 Å². The molecule has 0 spiro atoms. The summed E-state index contributed by atoms with van der Waals surface area (Å²) in [4.78, 5) is 22.7. The molecule has 2 rings (SSSR count). The second kappa shape index (κ2) is 7.16. The highest BCUT2D eigenvalue weighted by Crippen LogP contribution is 2.32. The van der Waals surface area contributed by atoms with Crippen LogP contribution in [0.5, 0.6) is 0 Å². The summed E-state index contributed by atoms with van der Waals surface area (Å²) in [6.07, 6.45) is 1.14. The van der Waals surface area contributed by atoms with Gasteiger partial charge in [0.15, 0.2) is 17.3 Å². The predicted molar refractivity (Wildman–Crippen MR) is 75.7 cm³/mol. The third kappa shape index (κ3) is 3.82. The smallest absolute Gasteiger partial charge is 0.330 e. The van der Waals surface area contributed by atoms with Crippen LogP contribution in [0.25, 0.3) is 0 Å². The lowest BCUT2D eigenvalue weighted by atomic mass is 10.2. The Hall–Kier alpha value is -2.52. The van der Waals surface area contributed by atoms with Gasteiger partial charge in [0, 0.05) is 32.2 Å². The molecule has 7 nitrogen and oxygen atoms in total. The number of urea groups is 1. The number of nitrogens with zero attached hydrogens (tertiary/aromatic N) is 2. The van der Waals surface area contributed by atoms with Gasteiger partial charge in [-0.1, -0.05) is 0 Å². The van der Waals surface area contributed by atoms with Crippen molar-refractivity contribution in [2.24, 2.45) is 0 Å². The molecule has 2 N–H and O–H groups in total. The van der Waals surface area contributed by atoms with Crippen molar-refractivity contribution in [3.8, 4) is 0 Å². The van der Waals surface area contributed by atoms with Gasteiger partial charge in [0.05, 0.1) is 4.92 Å². The highest BCUT2D eigenvalue weighted by molar-refractivity contribution is 5.74. The van der Waals surface area contributed by atoms with Gasteiger partial charge in [-0.3, -0.25) is 10.1 Å². The molecule has 0 radical (unpaired) electrons. The maximum absolute atomic E-state index is 13.7. The van der Waals surface area contributed by atoms with Gasteiger partial charge in [-0.05, 0) is 12.8 Å². The maximum Gasteiger partial charge on any atom is 0.330 e. The highest BCUT2D eigenvalue weighted by atomic mass is 19.2. The number of benzene rings is 1. The molecule has 1 aromatic carbocycles. The monoisotopic (exact) mass is 332 g/mol. The summed E-state index contributed by atoms with van der Waals surface area (Å²) < 4.78 is 40.3. The van der Waals surface area contributed by atoms with E-state index >= 15 is 0 Å². The summed E-state index contributed by atoms with van der Waals surface area (Å²) in [5, 5.41) is 15.8. The van der Waals surface area contributed by atoms with E-state index in [1.807, 2.05) is 0 Å². The van der Waals surface area contributed by atoms with Crippen molar-refractivity contribution in [1.82, 2.24) is 10.2 Å². The fourth-order valence-corrected chi connectivity index (χ4v) is 2.30. The van der Waals surface area contributed by atoms with Gasteiger partial charge >= 0.3 is 11.7 Å². The van der Waals surface area contributed by atoms with E-state index in [4.69, 9.17) is 0 Å². The average molecular weight is 332 g/mol. The minimum atomic E-state index is -1.51. The molecule has 1 aliphatic heterocycles. The van der Waals surface area contributed by atoms with Crippen molar-refractivity contribution < 1.29 is 22.9 Å². The quantitative estimate of drug-likeness (QED) is 0.362. The van der Waals surface area contributed by atoms with Crippen LogP contribution in [0, 0.1) is 27.6 Å². The number of amides is 2. The van der Waals surface area contributed by atoms with Crippen LogP contribution in [0.2, 0.25) is 0 Å². The van der Waals surface area contributed by atoms with Crippen LogP contribution in [0.3, 0.4) is 0 Å². The largest absolute Gasteiger partial charge is 0.377 e. The SMILES string of the molecule is O=C1NCCCN1CCCNc1c(F)c(F)cc(F)c1[N+](=O)[O-]. The molecule has 0 atom stereocenters. The number of nitro benzene ring substituents is 1. The predicted octanol–water partition coefficient (Wildman–Crippen LogP) is 2.23. The van der Waals surface area contributed by atoms with E-state index in [0.29, 0.717) is 26.1 Å². The zero-order chi connectivity index (χ0) is 17.0. The first-order chi connectivity index (χ1) is 10.9. The minimum Gasteiger partial charge on any atom is -0.377 e. The molecule has 0 aliphatic carbocycles. The Balaban J connectivity index is 2.00. The molecule has 0 aromatic heterocycles. The molecule has 10 heteroatoms. The third-order valence-corrected chi connectivity index (χ3v) is 3.40. The number of carbonyl (C=O) groups is 1. The Bertz CT molecular complexity index is 627. The zero-order valence-electron chi connectivity index (χ0n) is 12.1. The highest BCUT2D eigenvalue weighted by Gasteiger charge is 2.27. The maximum atomic E-state index is 13.7. The second-order valence-corrected chi connectivity index (χ2v) is 4.99. The van der Waals surface area contributed by atoms with Gasteiger partial charge in [0.25, 0.3) is 0 Å². The van der Waals surface area contributed by atoms with Crippen molar-refractivity contribution in [3.05, 3.63) is 33.6 Å². The molecule has 1 saturated heterocycles. The lowest BCUT2D eigenvalue weighted by molar-refractivity contribution is -0.386. The number of hydrogen-bond donors (Lipinski definition) is 2. The Morgan fingerprint density at radius 2 is 2.09 bits per heavy atom. The van der Waals surface area contributed by atoms with Crippen LogP contribution in [0.1, 0.15) is 12.8 Å². The lowest BCUT2D eigenvalue weighted by Gasteiger charge is -2.27. The number of anilines is 1. The van der Waals surface area contributed by atoms with E-state index in [1.54, 1.807) is 4.90 Å². The molecule has 23 heavy (non-hydrogen) atoms. The number of halogens is 3. The minimum absolute atomic E-state index is 0.0183. The Labute approximate surface area is 129 Å². The molecule has 2 amide bonds. The Morgan fingerprint density at radius 3 is 2.74 bits per heavy atom. The Morgan fingerprint density at radius 1 is 1.35 bits per heavy atom. The van der Waals surface area contributed by atoms with Crippen LogP contribution in [-0.4, -0.2) is 42.0 Å². The Kier molecular flexibility index (Phi) is 5.24. The van der Waals surface area contributed by atoms with Crippen LogP contribution in [-0.2, 0) is 0 Å². The van der Waals surface area contributed by atoms with Crippen LogP contribution >= 0.6 is 0 Å². The molecule has 1 aliphatic rings. The second-order valence-electron chi connectivity index (χ2n) is 4.99. The molecular formula is C13H15F3N4O3. The number of carbonyl (C=O) groups excluding carboxylic acids is 1. The molecular weight excluding hydrogens is 317 g/mol. The first kappa shape index (κ1) is 16.8. The van der Waals surface area contributed by atoms with Crippen LogP contribution in [0.15, 0.2) is 6.07 Å². The summed E-state index contributed by atoms with van der Waals surface area (Å²) in [5.74, 6) is -4.47. The summed E-state index contributed by atoms with van der Waals surface area (Å²) in [6, 6.07) is -0.0818. The van der Waals surface area contributed by atoms with Crippen molar-refractivity contribution >= 4 is 17.4 Å². The first-order valence-corrected chi connectivity index (χ1v) is 7.00. The standard InChI is InChI=1S/C13H15F3N4O3/c14-8-7-9(15)12(20(22)23)11(10(8)16)17-3-1-5-19-6-2-4-18-13(19)21/h7,17H,1-6H2,(H,18,21). The van der Waals surface area contributed by atoms with Crippen molar-refractivity contribution in [1.29, 1.82) is 0 Å². The number of nitro groups is 1.